The second kappa shape index (κ2) is 8.11. The normalized spacial score (nSPS) is 15.7. The number of hydrogen-bond acceptors (Lipinski definition) is 5. The van der Waals surface area contributed by atoms with E-state index in [1.807, 2.05) is 18.2 Å². The third-order valence-electron chi connectivity index (χ3n) is 4.67. The van der Waals surface area contributed by atoms with Gasteiger partial charge in [0.05, 0.1) is 17.5 Å². The minimum Gasteiger partial charge on any atom is -0.691 e. The monoisotopic (exact) mass is 353 g/mol. The van der Waals surface area contributed by atoms with Gasteiger partial charge >= 0.3 is 5.97 Å². The van der Waals surface area contributed by atoms with Crippen LogP contribution in [0.15, 0.2) is 23.1 Å². The summed E-state index contributed by atoms with van der Waals surface area (Å²) in [5, 5.41) is 22.1. The van der Waals surface area contributed by atoms with Crippen molar-refractivity contribution in [2.75, 3.05) is 6.54 Å². The Morgan fingerprint density at radius 3 is 2.75 bits per heavy atom. The molecule has 1 aromatic rings. The molecule has 1 N–H and O–H groups in total. The maximum Gasteiger partial charge on any atom is 0.303 e. The molecule has 6 nitrogen and oxygen atoms in total. The molecule has 0 aliphatic carbocycles. The Morgan fingerprint density at radius 1 is 1.33 bits per heavy atom. The Labute approximate surface area is 146 Å². The van der Waals surface area contributed by atoms with E-state index in [1.165, 1.54) is 11.3 Å². The van der Waals surface area contributed by atoms with Crippen molar-refractivity contribution in [2.24, 2.45) is 0 Å². The number of rotatable bonds is 9. The second-order valence-corrected chi connectivity index (χ2v) is 7.24. The Bertz CT molecular complexity index is 642. The number of nitrogens with zero attached hydrogens (tertiary/aromatic N) is 1. The zero-order chi connectivity index (χ0) is 17.7. The Balaban J connectivity index is 2.10. The molecule has 1 aliphatic rings. The van der Waals surface area contributed by atoms with E-state index in [4.69, 9.17) is 5.11 Å². The molecule has 0 fully saturated rings. The zero-order valence-corrected chi connectivity index (χ0v) is 15.0. The van der Waals surface area contributed by atoms with Crippen LogP contribution in [0.5, 0.6) is 0 Å². The summed E-state index contributed by atoms with van der Waals surface area (Å²) in [5.74, 6) is -0.736. The van der Waals surface area contributed by atoms with Gasteiger partial charge in [0.15, 0.2) is 5.71 Å². The summed E-state index contributed by atoms with van der Waals surface area (Å²) < 4.78 is 6.71. The SMILES string of the molecule is CC1=[N+](CCCCCC(=O)O)c2ccc(SOO[O-])cc2C1(C)C. The molecule has 0 amide bonds. The maximum atomic E-state index is 10.6. The summed E-state index contributed by atoms with van der Waals surface area (Å²) >= 11 is 0.899. The van der Waals surface area contributed by atoms with E-state index in [1.54, 1.807) is 0 Å². The summed E-state index contributed by atoms with van der Waals surface area (Å²) in [6, 6.07) is 5.95. The van der Waals surface area contributed by atoms with Gasteiger partial charge in [-0.1, -0.05) is 0 Å². The van der Waals surface area contributed by atoms with Gasteiger partial charge in [0.25, 0.3) is 0 Å². The molecule has 132 valence electrons. The summed E-state index contributed by atoms with van der Waals surface area (Å²) in [5.41, 5.74) is 3.50. The van der Waals surface area contributed by atoms with Gasteiger partial charge in [-0.05, 0) is 38.8 Å². The summed E-state index contributed by atoms with van der Waals surface area (Å²) in [4.78, 5) is 11.4. The fourth-order valence-electron chi connectivity index (χ4n) is 3.08. The molecule has 1 aromatic carbocycles. The molecular formula is C17H23NO5S. The molecule has 0 aromatic heterocycles. The molecular weight excluding hydrogens is 330 g/mol. The van der Waals surface area contributed by atoms with Crippen molar-refractivity contribution in [2.45, 2.75) is 56.8 Å². The van der Waals surface area contributed by atoms with E-state index in [0.29, 0.717) is 6.42 Å². The number of carboxylic acids is 1. The van der Waals surface area contributed by atoms with Crippen molar-refractivity contribution >= 4 is 29.4 Å². The maximum absolute atomic E-state index is 10.6. The number of carboxylic acid groups (broad SMARTS) is 1. The minimum atomic E-state index is -0.736. The zero-order valence-electron chi connectivity index (χ0n) is 14.2. The largest absolute Gasteiger partial charge is 0.691 e. The van der Waals surface area contributed by atoms with Gasteiger partial charge in [-0.2, -0.15) is 8.91 Å². The lowest BCUT2D eigenvalue weighted by Gasteiger charge is -2.15. The van der Waals surface area contributed by atoms with Crippen LogP contribution in [0.4, 0.5) is 5.69 Å². The van der Waals surface area contributed by atoms with Crippen LogP contribution in [0.25, 0.3) is 0 Å². The number of carbonyl (C=O) groups is 1. The van der Waals surface area contributed by atoms with Crippen LogP contribution in [0.1, 0.15) is 52.0 Å². The van der Waals surface area contributed by atoms with Crippen LogP contribution in [0.3, 0.4) is 0 Å². The number of hydrogen-bond donors (Lipinski definition) is 1. The van der Waals surface area contributed by atoms with Gasteiger partial charge in [-0.15, -0.1) is 0 Å². The van der Waals surface area contributed by atoms with E-state index in [9.17, 15) is 10.1 Å². The quantitative estimate of drug-likeness (QED) is 0.242. The van der Waals surface area contributed by atoms with E-state index in [0.717, 1.165) is 42.0 Å². The topological polar surface area (TPSA) is 81.8 Å². The molecule has 1 heterocycles. The summed E-state index contributed by atoms with van der Waals surface area (Å²) in [7, 11) is 0. The van der Waals surface area contributed by atoms with Crippen molar-refractivity contribution in [1.29, 1.82) is 0 Å². The predicted molar refractivity (Wildman–Crippen MR) is 89.1 cm³/mol. The molecule has 0 bridgehead atoms. The van der Waals surface area contributed by atoms with Gasteiger partial charge in [0.2, 0.25) is 5.69 Å². The molecule has 1 aliphatic heterocycles. The standard InChI is InChI=1S/C17H23NO5S/c1-12-17(2,3)14-11-13(24-23-22-21)8-9-15(14)18(12)10-6-4-5-7-16(19)20/h8-9,11H,4-7,10H2,1-3H3,(H-,19,20,21). The number of fused-ring (bicyclic) bond motifs is 1. The summed E-state index contributed by atoms with van der Waals surface area (Å²) in [6.07, 6.45) is 2.78. The van der Waals surface area contributed by atoms with Gasteiger partial charge in [-0.3, -0.25) is 9.83 Å². The van der Waals surface area contributed by atoms with Gasteiger partial charge in [-0.25, -0.2) is 0 Å². The highest BCUT2D eigenvalue weighted by Crippen LogP contribution is 2.41. The molecule has 2 rings (SSSR count). The Hall–Kier alpha value is -1.41. The number of benzene rings is 1. The van der Waals surface area contributed by atoms with Crippen LogP contribution >= 0.6 is 12.0 Å². The second-order valence-electron chi connectivity index (χ2n) is 6.46. The predicted octanol–water partition coefficient (Wildman–Crippen LogP) is 2.96. The highest BCUT2D eigenvalue weighted by Gasteiger charge is 2.42. The minimum absolute atomic E-state index is 0.106. The van der Waals surface area contributed by atoms with Gasteiger partial charge in [0.1, 0.15) is 6.54 Å². The first kappa shape index (κ1) is 18.9. The lowest BCUT2D eigenvalue weighted by molar-refractivity contribution is -0.777. The first-order valence-electron chi connectivity index (χ1n) is 7.99. The molecule has 0 unspecified atom stereocenters. The fraction of sp³-hybridized carbons (Fsp3) is 0.529. The van der Waals surface area contributed by atoms with Crippen molar-refractivity contribution in [1.82, 2.24) is 0 Å². The summed E-state index contributed by atoms with van der Waals surface area (Å²) in [6.45, 7) is 7.34. The Kier molecular flexibility index (Phi) is 6.40. The van der Waals surface area contributed by atoms with Crippen LogP contribution < -0.4 is 5.26 Å². The number of unbranched alkanes of at least 4 members (excludes halogenated alkanes) is 2. The molecule has 0 spiro atoms. The molecule has 0 radical (unpaired) electrons. The first-order chi connectivity index (χ1) is 11.4. The highest BCUT2D eigenvalue weighted by atomic mass is 32.2. The van der Waals surface area contributed by atoms with Gasteiger partial charge < -0.3 is 10.4 Å². The van der Waals surface area contributed by atoms with Crippen molar-refractivity contribution in [3.05, 3.63) is 23.8 Å². The van der Waals surface area contributed by atoms with Crippen LogP contribution in [-0.4, -0.2) is 27.9 Å². The van der Waals surface area contributed by atoms with E-state index < -0.39 is 5.97 Å². The molecule has 7 heteroatoms. The highest BCUT2D eigenvalue weighted by molar-refractivity contribution is 7.94. The Morgan fingerprint density at radius 2 is 2.08 bits per heavy atom. The van der Waals surface area contributed by atoms with Crippen LogP contribution in [0, 0.1) is 0 Å². The average Bonchev–Trinajstić information content (AvgIpc) is 2.73. The lowest BCUT2D eigenvalue weighted by Crippen LogP contribution is -2.26. The van der Waals surface area contributed by atoms with Crippen molar-refractivity contribution in [3.63, 3.8) is 0 Å². The third-order valence-corrected chi connectivity index (χ3v) is 5.24. The molecule has 0 saturated carbocycles. The van der Waals surface area contributed by atoms with Crippen molar-refractivity contribution in [3.8, 4) is 0 Å². The number of aliphatic carboxylic acids is 1. The van der Waals surface area contributed by atoms with Crippen LogP contribution in [0.2, 0.25) is 0 Å². The first-order valence-corrected chi connectivity index (χ1v) is 8.73. The fourth-order valence-corrected chi connectivity index (χ4v) is 3.48. The smallest absolute Gasteiger partial charge is 0.303 e. The van der Waals surface area contributed by atoms with Crippen molar-refractivity contribution < 1.29 is 29.1 Å². The molecule has 24 heavy (non-hydrogen) atoms. The average molecular weight is 353 g/mol. The third kappa shape index (κ3) is 4.16. The van der Waals surface area contributed by atoms with Crippen LogP contribution in [-0.2, 0) is 19.6 Å². The van der Waals surface area contributed by atoms with Gasteiger partial charge in [0, 0.05) is 36.3 Å². The van der Waals surface area contributed by atoms with E-state index in [-0.39, 0.29) is 11.8 Å². The van der Waals surface area contributed by atoms with E-state index >= 15 is 0 Å². The molecule has 0 saturated heterocycles. The molecule has 0 atom stereocenters. The van der Waals surface area contributed by atoms with E-state index in [2.05, 4.69) is 34.7 Å². The lowest BCUT2D eigenvalue weighted by atomic mass is 9.82.